The van der Waals surface area contributed by atoms with Gasteiger partial charge in [-0.3, -0.25) is 4.79 Å². The number of nitrogens with zero attached hydrogens (tertiary/aromatic N) is 3. The largest absolute Gasteiger partial charge is 0.339 e. The number of likely N-dealkylation sites (tertiary alicyclic amines) is 1. The topological polar surface area (TPSA) is 59.2 Å². The number of hydrogen-bond acceptors (Lipinski definition) is 4. The van der Waals surface area contributed by atoms with Crippen molar-refractivity contribution in [2.75, 3.05) is 13.1 Å². The number of hydrogen-bond donors (Lipinski definition) is 0. The van der Waals surface area contributed by atoms with Gasteiger partial charge < -0.3 is 9.42 Å². The molecule has 0 aromatic carbocycles. The molecular weight excluding hydrogens is 218 g/mol. The molecule has 1 aliphatic carbocycles. The molecule has 1 saturated heterocycles. The summed E-state index contributed by atoms with van der Waals surface area (Å²) in [5.41, 5.74) is 0. The molecule has 5 nitrogen and oxygen atoms in total. The maximum Gasteiger partial charge on any atom is 0.245 e. The first-order chi connectivity index (χ1) is 8.28. The molecule has 90 valence electrons. The summed E-state index contributed by atoms with van der Waals surface area (Å²) in [6.45, 7) is 4.91. The van der Waals surface area contributed by atoms with Gasteiger partial charge in [0.05, 0.1) is 5.92 Å². The second-order valence-corrected chi connectivity index (χ2v) is 4.74. The van der Waals surface area contributed by atoms with Crippen molar-refractivity contribution in [3.05, 3.63) is 24.4 Å². The minimum absolute atomic E-state index is 0.0190. The van der Waals surface area contributed by atoms with Crippen LogP contribution in [-0.2, 0) is 4.79 Å². The molecule has 1 aliphatic heterocycles. The third-order valence-corrected chi connectivity index (χ3v) is 3.42. The molecule has 1 aromatic rings. The van der Waals surface area contributed by atoms with Crippen LogP contribution in [0.2, 0.25) is 0 Å². The molecule has 5 heteroatoms. The van der Waals surface area contributed by atoms with E-state index in [4.69, 9.17) is 4.52 Å². The minimum Gasteiger partial charge on any atom is -0.339 e. The Morgan fingerprint density at radius 3 is 2.94 bits per heavy atom. The molecule has 2 aliphatic rings. The van der Waals surface area contributed by atoms with Crippen LogP contribution < -0.4 is 0 Å². The van der Waals surface area contributed by atoms with Crippen molar-refractivity contribution in [3.63, 3.8) is 0 Å². The summed E-state index contributed by atoms with van der Waals surface area (Å²) in [6.07, 6.45) is 4.59. The highest BCUT2D eigenvalue weighted by atomic mass is 16.5. The molecule has 0 spiro atoms. The molecule has 1 aromatic heterocycles. The number of carbonyl (C=O) groups is 1. The van der Waals surface area contributed by atoms with E-state index in [9.17, 15) is 4.79 Å². The summed E-state index contributed by atoms with van der Waals surface area (Å²) in [7, 11) is 0. The summed E-state index contributed by atoms with van der Waals surface area (Å²) in [6, 6.07) is 0. The van der Waals surface area contributed by atoms with Gasteiger partial charge in [-0.1, -0.05) is 11.7 Å². The third kappa shape index (κ3) is 1.97. The smallest absolute Gasteiger partial charge is 0.245 e. The summed E-state index contributed by atoms with van der Waals surface area (Å²) in [5.74, 6) is 2.22. The van der Waals surface area contributed by atoms with Crippen molar-refractivity contribution in [2.24, 2.45) is 0 Å². The Labute approximate surface area is 99.5 Å². The third-order valence-electron chi connectivity index (χ3n) is 3.42. The van der Waals surface area contributed by atoms with E-state index in [0.717, 1.165) is 18.8 Å². The van der Waals surface area contributed by atoms with Crippen LogP contribution in [0.4, 0.5) is 0 Å². The molecule has 17 heavy (non-hydrogen) atoms. The van der Waals surface area contributed by atoms with Gasteiger partial charge in [0.1, 0.15) is 0 Å². The van der Waals surface area contributed by atoms with Gasteiger partial charge in [0.2, 0.25) is 11.8 Å². The van der Waals surface area contributed by atoms with E-state index in [1.165, 1.54) is 18.9 Å². The maximum atomic E-state index is 11.5. The summed E-state index contributed by atoms with van der Waals surface area (Å²) in [5, 5.41) is 4.00. The molecule has 1 saturated carbocycles. The molecular formula is C12H15N3O2. The molecule has 3 rings (SSSR count). The van der Waals surface area contributed by atoms with Gasteiger partial charge in [-0.2, -0.15) is 4.98 Å². The average Bonchev–Trinajstić information content (AvgIpc) is 2.91. The average molecular weight is 233 g/mol. The SMILES string of the molecule is C=CC(=O)N1CCC(c2nc(C3CC3)no2)C1. The summed E-state index contributed by atoms with van der Waals surface area (Å²) in [4.78, 5) is 17.7. The number of carbonyl (C=O) groups excluding carboxylic acids is 1. The van der Waals surface area contributed by atoms with Crippen LogP contribution >= 0.6 is 0 Å². The zero-order valence-electron chi connectivity index (χ0n) is 9.63. The highest BCUT2D eigenvalue weighted by Gasteiger charge is 2.33. The zero-order chi connectivity index (χ0) is 11.8. The Bertz CT molecular complexity index is 450. The monoisotopic (exact) mass is 233 g/mol. The van der Waals surface area contributed by atoms with E-state index in [1.54, 1.807) is 4.90 Å². The minimum atomic E-state index is -0.0190. The Hall–Kier alpha value is -1.65. The predicted molar refractivity (Wildman–Crippen MR) is 60.4 cm³/mol. The fourth-order valence-electron chi connectivity index (χ4n) is 2.21. The number of aromatic nitrogens is 2. The second-order valence-electron chi connectivity index (χ2n) is 4.74. The van der Waals surface area contributed by atoms with Crippen LogP contribution in [0.5, 0.6) is 0 Å². The normalized spacial score (nSPS) is 24.0. The van der Waals surface area contributed by atoms with Crippen LogP contribution in [0.25, 0.3) is 0 Å². The van der Waals surface area contributed by atoms with Crippen LogP contribution in [0, 0.1) is 0 Å². The molecule has 0 radical (unpaired) electrons. The molecule has 0 N–H and O–H groups in total. The van der Waals surface area contributed by atoms with Crippen LogP contribution in [0.15, 0.2) is 17.2 Å². The first kappa shape index (κ1) is 10.5. The Kier molecular flexibility index (Phi) is 2.46. The van der Waals surface area contributed by atoms with Crippen molar-refractivity contribution < 1.29 is 9.32 Å². The maximum absolute atomic E-state index is 11.5. The van der Waals surface area contributed by atoms with Crippen LogP contribution in [0.3, 0.4) is 0 Å². The van der Waals surface area contributed by atoms with Gasteiger partial charge in [-0.15, -0.1) is 0 Å². The molecule has 1 unspecified atom stereocenters. The van der Waals surface area contributed by atoms with Gasteiger partial charge in [0, 0.05) is 19.0 Å². The highest BCUT2D eigenvalue weighted by Crippen LogP contribution is 2.39. The predicted octanol–water partition coefficient (Wildman–Crippen LogP) is 1.45. The number of amides is 1. The van der Waals surface area contributed by atoms with E-state index < -0.39 is 0 Å². The molecule has 1 amide bonds. The van der Waals surface area contributed by atoms with Gasteiger partial charge >= 0.3 is 0 Å². The quantitative estimate of drug-likeness (QED) is 0.741. The fourth-order valence-corrected chi connectivity index (χ4v) is 2.21. The van der Waals surface area contributed by atoms with E-state index >= 15 is 0 Å². The summed E-state index contributed by atoms with van der Waals surface area (Å²) >= 11 is 0. The molecule has 2 fully saturated rings. The van der Waals surface area contributed by atoms with Crippen molar-refractivity contribution in [1.29, 1.82) is 0 Å². The van der Waals surface area contributed by atoms with Crippen LogP contribution in [0.1, 0.15) is 42.8 Å². The lowest BCUT2D eigenvalue weighted by Gasteiger charge is -2.12. The zero-order valence-corrected chi connectivity index (χ0v) is 9.63. The van der Waals surface area contributed by atoms with Gasteiger partial charge in [-0.05, 0) is 25.3 Å². The van der Waals surface area contributed by atoms with Gasteiger partial charge in [0.25, 0.3) is 0 Å². The second kappa shape index (κ2) is 3.98. The Balaban J connectivity index is 1.68. The first-order valence-corrected chi connectivity index (χ1v) is 6.02. The number of rotatable bonds is 3. The lowest BCUT2D eigenvalue weighted by molar-refractivity contribution is -0.125. The first-order valence-electron chi connectivity index (χ1n) is 6.02. The molecule has 0 bridgehead atoms. The van der Waals surface area contributed by atoms with Gasteiger partial charge in [0.15, 0.2) is 5.82 Å². The highest BCUT2D eigenvalue weighted by molar-refractivity contribution is 5.87. The lowest BCUT2D eigenvalue weighted by Crippen LogP contribution is -2.26. The Morgan fingerprint density at radius 1 is 1.41 bits per heavy atom. The van der Waals surface area contributed by atoms with Crippen molar-refractivity contribution in [2.45, 2.75) is 31.1 Å². The van der Waals surface area contributed by atoms with Crippen LogP contribution in [-0.4, -0.2) is 34.0 Å². The van der Waals surface area contributed by atoms with Crippen molar-refractivity contribution in [1.82, 2.24) is 15.0 Å². The van der Waals surface area contributed by atoms with E-state index in [1.807, 2.05) is 0 Å². The van der Waals surface area contributed by atoms with E-state index in [0.29, 0.717) is 18.4 Å². The van der Waals surface area contributed by atoms with E-state index in [-0.39, 0.29) is 11.8 Å². The molecule has 1 atom stereocenters. The standard InChI is InChI=1S/C12H15N3O2/c1-2-10(16)15-6-5-9(7-15)12-13-11(14-17-12)8-3-4-8/h2,8-9H,1,3-7H2. The summed E-state index contributed by atoms with van der Waals surface area (Å²) < 4.78 is 5.29. The van der Waals surface area contributed by atoms with Crippen molar-refractivity contribution in [3.8, 4) is 0 Å². The lowest BCUT2D eigenvalue weighted by atomic mass is 10.1. The fraction of sp³-hybridized carbons (Fsp3) is 0.583. The van der Waals surface area contributed by atoms with E-state index in [2.05, 4.69) is 16.7 Å². The Morgan fingerprint density at radius 2 is 2.24 bits per heavy atom. The van der Waals surface area contributed by atoms with Gasteiger partial charge in [-0.25, -0.2) is 0 Å². The molecule has 2 heterocycles. The van der Waals surface area contributed by atoms with Crippen molar-refractivity contribution >= 4 is 5.91 Å².